The molecule has 2 N–H and O–H groups in total. The summed E-state index contributed by atoms with van der Waals surface area (Å²) in [6, 6.07) is 14.6. The van der Waals surface area contributed by atoms with Crippen molar-refractivity contribution >= 4 is 11.0 Å². The number of imidazole rings is 1. The number of halogens is 1. The summed E-state index contributed by atoms with van der Waals surface area (Å²) in [4.78, 5) is 12.3. The molecule has 2 aromatic carbocycles. The SMILES string of the molecule is Cc1noc(C)c1-c1cc(C(O)(c2ccccc2)c2cccnc2)c2nc(C3CC3)[nH]c2c1F. The smallest absolute Gasteiger partial charge is 0.156 e. The highest BCUT2D eigenvalue weighted by Crippen LogP contribution is 2.45. The van der Waals surface area contributed by atoms with Gasteiger partial charge in [-0.3, -0.25) is 4.98 Å². The van der Waals surface area contributed by atoms with E-state index >= 15 is 4.39 Å². The van der Waals surface area contributed by atoms with Crippen LogP contribution in [0.15, 0.2) is 65.4 Å². The van der Waals surface area contributed by atoms with E-state index in [2.05, 4.69) is 15.1 Å². The second kappa shape index (κ2) is 7.60. The molecule has 170 valence electrons. The molecule has 1 atom stereocenters. The van der Waals surface area contributed by atoms with Crippen LogP contribution in [0.5, 0.6) is 0 Å². The molecule has 0 amide bonds. The molecule has 0 bridgehead atoms. The number of fused-ring (bicyclic) bond motifs is 1. The van der Waals surface area contributed by atoms with Crippen LogP contribution in [0.2, 0.25) is 0 Å². The first-order valence-electron chi connectivity index (χ1n) is 11.3. The number of aryl methyl sites for hydroxylation is 2. The van der Waals surface area contributed by atoms with Gasteiger partial charge in [0.25, 0.3) is 0 Å². The van der Waals surface area contributed by atoms with Crippen molar-refractivity contribution in [2.75, 3.05) is 0 Å². The number of hydrogen-bond acceptors (Lipinski definition) is 5. The van der Waals surface area contributed by atoms with E-state index in [-0.39, 0.29) is 11.4 Å². The highest BCUT2D eigenvalue weighted by Gasteiger charge is 2.39. The first kappa shape index (κ1) is 20.7. The van der Waals surface area contributed by atoms with Crippen LogP contribution < -0.4 is 0 Å². The van der Waals surface area contributed by atoms with E-state index in [1.54, 1.807) is 38.4 Å². The van der Waals surface area contributed by atoms with Crippen molar-refractivity contribution in [1.29, 1.82) is 0 Å². The molecule has 1 unspecified atom stereocenters. The van der Waals surface area contributed by atoms with Crippen molar-refractivity contribution in [3.05, 3.63) is 101 Å². The van der Waals surface area contributed by atoms with Gasteiger partial charge >= 0.3 is 0 Å². The van der Waals surface area contributed by atoms with Crippen LogP contribution in [-0.2, 0) is 5.60 Å². The molecule has 5 aromatic rings. The summed E-state index contributed by atoms with van der Waals surface area (Å²) in [6.45, 7) is 3.54. The largest absolute Gasteiger partial charge is 0.376 e. The maximum atomic E-state index is 16.0. The van der Waals surface area contributed by atoms with Crippen LogP contribution in [0.4, 0.5) is 4.39 Å². The van der Waals surface area contributed by atoms with Gasteiger partial charge in [0.2, 0.25) is 0 Å². The highest BCUT2D eigenvalue weighted by atomic mass is 19.1. The van der Waals surface area contributed by atoms with E-state index in [0.29, 0.717) is 44.8 Å². The molecule has 1 fully saturated rings. The molecular formula is C27H23FN4O2. The monoisotopic (exact) mass is 454 g/mol. The summed E-state index contributed by atoms with van der Waals surface area (Å²) in [5, 5.41) is 16.5. The summed E-state index contributed by atoms with van der Waals surface area (Å²) in [6.07, 6.45) is 5.31. The lowest BCUT2D eigenvalue weighted by molar-refractivity contribution is 0.126. The number of nitrogens with zero attached hydrogens (tertiary/aromatic N) is 3. The van der Waals surface area contributed by atoms with Gasteiger partial charge in [-0.15, -0.1) is 0 Å². The third-order valence-electron chi connectivity index (χ3n) is 6.65. The van der Waals surface area contributed by atoms with Crippen molar-refractivity contribution in [2.24, 2.45) is 0 Å². The van der Waals surface area contributed by atoms with Gasteiger partial charge in [0.1, 0.15) is 22.7 Å². The minimum atomic E-state index is -1.62. The maximum absolute atomic E-state index is 16.0. The molecule has 1 aliphatic carbocycles. The number of nitrogens with one attached hydrogen (secondary N) is 1. The van der Waals surface area contributed by atoms with E-state index in [4.69, 9.17) is 9.51 Å². The minimum Gasteiger partial charge on any atom is -0.376 e. The zero-order valence-corrected chi connectivity index (χ0v) is 18.8. The fourth-order valence-electron chi connectivity index (χ4n) is 4.77. The van der Waals surface area contributed by atoms with E-state index in [9.17, 15) is 5.11 Å². The maximum Gasteiger partial charge on any atom is 0.156 e. The molecule has 6 nitrogen and oxygen atoms in total. The lowest BCUT2D eigenvalue weighted by Crippen LogP contribution is -2.29. The zero-order chi connectivity index (χ0) is 23.4. The third kappa shape index (κ3) is 3.08. The molecule has 7 heteroatoms. The predicted octanol–water partition coefficient (Wildman–Crippen LogP) is 5.53. The fourth-order valence-corrected chi connectivity index (χ4v) is 4.77. The van der Waals surface area contributed by atoms with Gasteiger partial charge in [0, 0.05) is 35.0 Å². The highest BCUT2D eigenvalue weighted by molar-refractivity contribution is 5.89. The number of rotatable bonds is 5. The van der Waals surface area contributed by atoms with Crippen molar-refractivity contribution < 1.29 is 14.0 Å². The average molecular weight is 455 g/mol. The summed E-state index contributed by atoms with van der Waals surface area (Å²) in [5.74, 6) is 1.10. The molecule has 6 rings (SSSR count). The van der Waals surface area contributed by atoms with Gasteiger partial charge in [-0.1, -0.05) is 41.6 Å². The lowest BCUT2D eigenvalue weighted by Gasteiger charge is -2.30. The Morgan fingerprint density at radius 3 is 2.50 bits per heavy atom. The predicted molar refractivity (Wildman–Crippen MR) is 126 cm³/mol. The number of pyridine rings is 1. The molecule has 3 aromatic heterocycles. The Balaban J connectivity index is 1.74. The Kier molecular flexibility index (Phi) is 4.64. The molecule has 1 aliphatic rings. The Morgan fingerprint density at radius 1 is 1.09 bits per heavy atom. The van der Waals surface area contributed by atoms with Crippen LogP contribution in [0.1, 0.15) is 52.7 Å². The average Bonchev–Trinajstić information content (AvgIpc) is 3.54. The second-order valence-electron chi connectivity index (χ2n) is 8.92. The molecule has 34 heavy (non-hydrogen) atoms. The van der Waals surface area contributed by atoms with Gasteiger partial charge < -0.3 is 14.6 Å². The Morgan fingerprint density at radius 2 is 1.85 bits per heavy atom. The molecule has 0 radical (unpaired) electrons. The number of hydrogen-bond donors (Lipinski definition) is 2. The number of aromatic nitrogens is 4. The van der Waals surface area contributed by atoms with Gasteiger partial charge in [-0.25, -0.2) is 9.37 Å². The second-order valence-corrected chi connectivity index (χ2v) is 8.92. The molecule has 1 saturated carbocycles. The van der Waals surface area contributed by atoms with E-state index in [0.717, 1.165) is 18.7 Å². The normalized spacial score (nSPS) is 15.5. The summed E-state index contributed by atoms with van der Waals surface area (Å²) in [7, 11) is 0. The number of aliphatic hydroxyl groups is 1. The van der Waals surface area contributed by atoms with Gasteiger partial charge in [0.05, 0.1) is 16.8 Å². The Hall–Kier alpha value is -3.84. The number of benzene rings is 2. The van der Waals surface area contributed by atoms with Crippen LogP contribution in [0, 0.1) is 19.7 Å². The summed E-state index contributed by atoms with van der Waals surface area (Å²) >= 11 is 0. The first-order chi connectivity index (χ1) is 16.5. The molecule has 3 heterocycles. The standard InChI is InChI=1S/C27H23FN4O2/c1-15-22(16(2)34-32-15)20-13-21(24-25(23(20)28)31-26(30-24)17-10-11-17)27(33,18-7-4-3-5-8-18)19-9-6-12-29-14-19/h3-9,12-14,17,33H,10-11H2,1-2H3,(H,30,31). The minimum absolute atomic E-state index is 0.271. The zero-order valence-electron chi connectivity index (χ0n) is 18.8. The molecular weight excluding hydrogens is 431 g/mol. The topological polar surface area (TPSA) is 87.8 Å². The van der Waals surface area contributed by atoms with Gasteiger partial charge in [-0.05, 0) is 44.4 Å². The summed E-state index contributed by atoms with van der Waals surface area (Å²) < 4.78 is 21.4. The van der Waals surface area contributed by atoms with Crippen molar-refractivity contribution in [2.45, 2.75) is 38.2 Å². The third-order valence-corrected chi connectivity index (χ3v) is 6.65. The van der Waals surface area contributed by atoms with Crippen LogP contribution in [-0.4, -0.2) is 25.2 Å². The number of H-pyrrole nitrogens is 1. The molecule has 0 saturated heterocycles. The van der Waals surface area contributed by atoms with E-state index in [1.165, 1.54) is 0 Å². The van der Waals surface area contributed by atoms with Crippen molar-refractivity contribution in [3.63, 3.8) is 0 Å². The van der Waals surface area contributed by atoms with Gasteiger partial charge in [-0.2, -0.15) is 0 Å². The lowest BCUT2D eigenvalue weighted by atomic mass is 9.79. The van der Waals surface area contributed by atoms with Crippen LogP contribution in [0.25, 0.3) is 22.2 Å². The molecule has 0 aliphatic heterocycles. The van der Waals surface area contributed by atoms with Crippen LogP contribution in [0.3, 0.4) is 0 Å². The van der Waals surface area contributed by atoms with Crippen molar-refractivity contribution in [3.8, 4) is 11.1 Å². The summed E-state index contributed by atoms with van der Waals surface area (Å²) in [5.41, 5.74) is 2.19. The fraction of sp³-hybridized carbons (Fsp3) is 0.222. The van der Waals surface area contributed by atoms with E-state index in [1.807, 2.05) is 36.4 Å². The first-order valence-corrected chi connectivity index (χ1v) is 11.3. The van der Waals surface area contributed by atoms with Crippen LogP contribution >= 0.6 is 0 Å². The number of aromatic amines is 1. The quantitative estimate of drug-likeness (QED) is 0.365. The van der Waals surface area contributed by atoms with Gasteiger partial charge in [0.15, 0.2) is 5.82 Å². The van der Waals surface area contributed by atoms with Crippen molar-refractivity contribution in [1.82, 2.24) is 20.1 Å². The molecule has 0 spiro atoms. The van der Waals surface area contributed by atoms with E-state index < -0.39 is 11.4 Å². The Labute approximate surface area is 195 Å². The Bertz CT molecular complexity index is 1450.